The molecule has 0 bridgehead atoms. The number of nitrogens with zero attached hydrogens (tertiary/aromatic N) is 2. The molecule has 0 radical (unpaired) electrons. The normalized spacial score (nSPS) is 23.2. The molecule has 0 aromatic heterocycles. The number of hydrogen-bond donors (Lipinski definition) is 1. The summed E-state index contributed by atoms with van der Waals surface area (Å²) in [6.07, 6.45) is 4.37. The first-order chi connectivity index (χ1) is 16.4. The molecule has 1 heterocycles. The van der Waals surface area contributed by atoms with Crippen LogP contribution in [0, 0.1) is 5.92 Å². The third-order valence-corrected chi connectivity index (χ3v) is 7.79. The molecule has 2 aromatic carbocycles. The lowest BCUT2D eigenvalue weighted by molar-refractivity contribution is -0.142. The Bertz CT molecular complexity index is 1150. The van der Waals surface area contributed by atoms with Crippen molar-refractivity contribution < 1.29 is 19.5 Å². The second-order valence-corrected chi connectivity index (χ2v) is 10.2. The first-order valence-corrected chi connectivity index (χ1v) is 12.5. The molecule has 3 aliphatic rings. The first kappa shape index (κ1) is 23.2. The number of halogens is 2. The predicted octanol–water partition coefficient (Wildman–Crippen LogP) is 5.72. The van der Waals surface area contributed by atoms with Crippen LogP contribution in [0.5, 0.6) is 0 Å². The van der Waals surface area contributed by atoms with Crippen molar-refractivity contribution in [1.82, 2.24) is 4.90 Å². The number of anilines is 1. The Morgan fingerprint density at radius 1 is 1.00 bits per heavy atom. The Morgan fingerprint density at radius 2 is 1.76 bits per heavy atom. The van der Waals surface area contributed by atoms with Gasteiger partial charge in [0.15, 0.2) is 0 Å². The molecule has 6 nitrogen and oxygen atoms in total. The summed E-state index contributed by atoms with van der Waals surface area (Å²) in [6.45, 7) is 0. The van der Waals surface area contributed by atoms with Crippen molar-refractivity contribution in [1.29, 1.82) is 0 Å². The van der Waals surface area contributed by atoms with Gasteiger partial charge in [0.25, 0.3) is 5.91 Å². The topological polar surface area (TPSA) is 77.9 Å². The molecule has 1 aliphatic heterocycles. The maximum Gasteiger partial charge on any atom is 0.303 e. The fraction of sp³-hybridized carbons (Fsp3) is 0.423. The third-order valence-electron chi connectivity index (χ3n) is 7.24. The lowest BCUT2D eigenvalue weighted by Crippen LogP contribution is -2.53. The lowest BCUT2D eigenvalue weighted by atomic mass is 9.81. The van der Waals surface area contributed by atoms with Crippen LogP contribution in [0.15, 0.2) is 42.5 Å². The summed E-state index contributed by atoms with van der Waals surface area (Å²) in [5, 5.41) is 9.91. The summed E-state index contributed by atoms with van der Waals surface area (Å²) in [6, 6.07) is 12.6. The van der Waals surface area contributed by atoms with Crippen molar-refractivity contribution in [3.63, 3.8) is 0 Å². The molecule has 2 aliphatic carbocycles. The van der Waals surface area contributed by atoms with E-state index in [1.165, 1.54) is 0 Å². The molecule has 3 unspecified atom stereocenters. The van der Waals surface area contributed by atoms with Gasteiger partial charge in [-0.2, -0.15) is 0 Å². The van der Waals surface area contributed by atoms with E-state index in [-0.39, 0.29) is 48.7 Å². The smallest absolute Gasteiger partial charge is 0.303 e. The average molecular weight is 501 g/mol. The maximum absolute atomic E-state index is 13.8. The van der Waals surface area contributed by atoms with Crippen LogP contribution in [-0.2, 0) is 9.59 Å². The van der Waals surface area contributed by atoms with Gasteiger partial charge >= 0.3 is 5.97 Å². The molecular formula is C26H26Cl2N2O4. The van der Waals surface area contributed by atoms with Crippen LogP contribution in [0.25, 0.3) is 0 Å². The standard InChI is InChI=1S/C26H26Cl2N2O4/c27-15-8-11-17(20(28)14-15)26(34)30-21-6-2-1-4-18(21)25(19-5-3-7-22(19)30)29(16-9-10-16)23(31)12-13-24(32)33/h1-2,4,6,8,11,14,16,19,22,25H,3,5,7,9-10,12-13H2,(H,32,33). The second kappa shape index (κ2) is 9.23. The molecule has 2 fully saturated rings. The van der Waals surface area contributed by atoms with E-state index in [2.05, 4.69) is 0 Å². The quantitative estimate of drug-likeness (QED) is 0.549. The minimum Gasteiger partial charge on any atom is -0.481 e. The average Bonchev–Trinajstić information content (AvgIpc) is 3.52. The Kier molecular flexibility index (Phi) is 6.30. The van der Waals surface area contributed by atoms with Gasteiger partial charge in [0.1, 0.15) is 0 Å². The lowest BCUT2D eigenvalue weighted by Gasteiger charge is -2.48. The largest absolute Gasteiger partial charge is 0.481 e. The van der Waals surface area contributed by atoms with Gasteiger partial charge in [0.2, 0.25) is 5.91 Å². The van der Waals surface area contributed by atoms with Gasteiger partial charge in [-0.3, -0.25) is 14.4 Å². The molecule has 2 aromatic rings. The number of para-hydroxylation sites is 1. The van der Waals surface area contributed by atoms with E-state index in [4.69, 9.17) is 28.3 Å². The van der Waals surface area contributed by atoms with Gasteiger partial charge in [-0.25, -0.2) is 0 Å². The molecule has 2 amide bonds. The zero-order valence-electron chi connectivity index (χ0n) is 18.6. The summed E-state index contributed by atoms with van der Waals surface area (Å²) >= 11 is 12.5. The van der Waals surface area contributed by atoms with Crippen LogP contribution < -0.4 is 4.90 Å². The van der Waals surface area contributed by atoms with E-state index in [0.717, 1.165) is 43.4 Å². The Balaban J connectivity index is 1.57. The SMILES string of the molecule is O=C(O)CCC(=O)N(C1CC1)C1c2ccccc2N(C(=O)c2ccc(Cl)cc2Cl)C2CCCC21. The van der Waals surface area contributed by atoms with E-state index in [0.29, 0.717) is 15.6 Å². The molecule has 34 heavy (non-hydrogen) atoms. The number of carbonyl (C=O) groups is 3. The fourth-order valence-electron chi connectivity index (χ4n) is 5.71. The number of benzene rings is 2. The first-order valence-electron chi connectivity index (χ1n) is 11.8. The maximum atomic E-state index is 13.8. The molecule has 2 saturated carbocycles. The van der Waals surface area contributed by atoms with Crippen LogP contribution in [0.2, 0.25) is 10.0 Å². The zero-order chi connectivity index (χ0) is 24.0. The van der Waals surface area contributed by atoms with Crippen LogP contribution in [-0.4, -0.2) is 39.9 Å². The van der Waals surface area contributed by atoms with Gasteiger partial charge < -0.3 is 14.9 Å². The molecule has 178 valence electrons. The summed E-state index contributed by atoms with van der Waals surface area (Å²) < 4.78 is 0. The van der Waals surface area contributed by atoms with E-state index in [1.54, 1.807) is 18.2 Å². The molecule has 1 N–H and O–H groups in total. The van der Waals surface area contributed by atoms with Crippen molar-refractivity contribution in [3.05, 3.63) is 63.6 Å². The third kappa shape index (κ3) is 4.18. The number of carboxylic acid groups (broad SMARTS) is 1. The molecule has 0 spiro atoms. The highest BCUT2D eigenvalue weighted by atomic mass is 35.5. The number of amides is 2. The fourth-order valence-corrected chi connectivity index (χ4v) is 6.20. The number of fused-ring (bicyclic) bond motifs is 2. The molecular weight excluding hydrogens is 475 g/mol. The van der Waals surface area contributed by atoms with Crippen LogP contribution in [0.4, 0.5) is 5.69 Å². The van der Waals surface area contributed by atoms with Gasteiger partial charge in [-0.05, 0) is 55.5 Å². The number of hydrogen-bond acceptors (Lipinski definition) is 3. The molecule has 3 atom stereocenters. The summed E-state index contributed by atoms with van der Waals surface area (Å²) in [5.41, 5.74) is 2.14. The van der Waals surface area contributed by atoms with Crippen LogP contribution >= 0.6 is 23.2 Å². The Hall–Kier alpha value is -2.57. The molecule has 8 heteroatoms. The van der Waals surface area contributed by atoms with Crippen molar-refractivity contribution in [2.45, 2.75) is 63.1 Å². The second-order valence-electron chi connectivity index (χ2n) is 9.39. The minimum atomic E-state index is -0.969. The minimum absolute atomic E-state index is 0.00901. The van der Waals surface area contributed by atoms with Gasteiger partial charge in [0.05, 0.1) is 23.0 Å². The van der Waals surface area contributed by atoms with E-state index >= 15 is 0 Å². The zero-order valence-corrected chi connectivity index (χ0v) is 20.1. The van der Waals surface area contributed by atoms with Crippen LogP contribution in [0.3, 0.4) is 0 Å². The summed E-state index contributed by atoms with van der Waals surface area (Å²) in [4.78, 5) is 42.1. The number of aliphatic carboxylic acids is 1. The highest BCUT2D eigenvalue weighted by Crippen LogP contribution is 2.53. The number of rotatable bonds is 6. The van der Waals surface area contributed by atoms with Crippen molar-refractivity contribution in [2.24, 2.45) is 5.92 Å². The molecule has 5 rings (SSSR count). The van der Waals surface area contributed by atoms with Gasteiger partial charge in [0, 0.05) is 35.1 Å². The monoisotopic (exact) mass is 500 g/mol. The molecule has 0 saturated heterocycles. The van der Waals surface area contributed by atoms with Gasteiger partial charge in [-0.1, -0.05) is 47.8 Å². The van der Waals surface area contributed by atoms with Crippen molar-refractivity contribution in [2.75, 3.05) is 4.90 Å². The van der Waals surface area contributed by atoms with E-state index in [1.807, 2.05) is 34.1 Å². The Labute approximate surface area is 208 Å². The number of carbonyl (C=O) groups excluding carboxylic acids is 2. The Morgan fingerprint density at radius 3 is 2.47 bits per heavy atom. The van der Waals surface area contributed by atoms with E-state index < -0.39 is 5.97 Å². The van der Waals surface area contributed by atoms with Gasteiger partial charge in [-0.15, -0.1) is 0 Å². The summed E-state index contributed by atoms with van der Waals surface area (Å²) in [7, 11) is 0. The van der Waals surface area contributed by atoms with Crippen molar-refractivity contribution in [3.8, 4) is 0 Å². The number of carboxylic acids is 1. The van der Waals surface area contributed by atoms with E-state index in [9.17, 15) is 14.4 Å². The van der Waals surface area contributed by atoms with Crippen LogP contribution in [0.1, 0.15) is 66.9 Å². The predicted molar refractivity (Wildman–Crippen MR) is 130 cm³/mol. The highest BCUT2D eigenvalue weighted by molar-refractivity contribution is 6.37. The highest BCUT2D eigenvalue weighted by Gasteiger charge is 2.51. The van der Waals surface area contributed by atoms with Crippen molar-refractivity contribution >= 4 is 46.7 Å². The summed E-state index contributed by atoms with van der Waals surface area (Å²) in [5.74, 6) is -1.17.